The molecule has 0 amide bonds. The van der Waals surface area contributed by atoms with Crippen LogP contribution < -0.4 is 11.1 Å². The molecule has 2 fully saturated rings. The zero-order valence-electron chi connectivity index (χ0n) is 11.4. The smallest absolute Gasteiger partial charge is 0.0779 e. The van der Waals surface area contributed by atoms with E-state index < -0.39 is 0 Å². The Morgan fingerprint density at radius 3 is 2.76 bits per heavy atom. The zero-order valence-corrected chi connectivity index (χ0v) is 11.4. The Hall–Kier alpha value is -0.120. The highest BCUT2D eigenvalue weighted by molar-refractivity contribution is 4.96. The Morgan fingerprint density at radius 2 is 2.18 bits per heavy atom. The molecule has 1 heterocycles. The highest BCUT2D eigenvalue weighted by atomic mass is 16.5. The van der Waals surface area contributed by atoms with Crippen molar-refractivity contribution in [1.29, 1.82) is 0 Å². The molecular weight excluding hydrogens is 212 g/mol. The summed E-state index contributed by atoms with van der Waals surface area (Å²) in [5.74, 6) is 0.803. The number of ether oxygens (including phenoxy) is 1. The van der Waals surface area contributed by atoms with Crippen molar-refractivity contribution in [2.75, 3.05) is 19.7 Å². The second kappa shape index (κ2) is 5.25. The van der Waals surface area contributed by atoms with Crippen molar-refractivity contribution in [2.45, 2.75) is 63.5 Å². The van der Waals surface area contributed by atoms with Gasteiger partial charge in [-0.15, -0.1) is 0 Å². The zero-order chi connectivity index (χ0) is 12.4. The molecule has 2 rings (SSSR count). The average molecular weight is 240 g/mol. The van der Waals surface area contributed by atoms with Crippen LogP contribution in [-0.4, -0.2) is 30.8 Å². The van der Waals surface area contributed by atoms with Crippen molar-refractivity contribution in [2.24, 2.45) is 11.7 Å². The number of nitrogens with two attached hydrogens (primary N) is 1. The first-order chi connectivity index (χ1) is 8.08. The van der Waals surface area contributed by atoms with Gasteiger partial charge in [0.25, 0.3) is 0 Å². The minimum absolute atomic E-state index is 0.0445. The molecule has 0 bridgehead atoms. The van der Waals surface area contributed by atoms with E-state index in [0.29, 0.717) is 0 Å². The van der Waals surface area contributed by atoms with Gasteiger partial charge in [0, 0.05) is 25.2 Å². The summed E-state index contributed by atoms with van der Waals surface area (Å²) in [6.07, 6.45) is 7.49. The third-order valence-corrected chi connectivity index (χ3v) is 4.62. The van der Waals surface area contributed by atoms with E-state index in [9.17, 15) is 0 Å². The Morgan fingerprint density at radius 1 is 1.35 bits per heavy atom. The monoisotopic (exact) mass is 240 g/mol. The van der Waals surface area contributed by atoms with Crippen LogP contribution in [0.3, 0.4) is 0 Å². The molecule has 0 spiro atoms. The first-order valence-electron chi connectivity index (χ1n) is 7.17. The SMILES string of the molecule is CC1CCCC(CN)(NCC2(C)CCCO2)C1. The van der Waals surface area contributed by atoms with Crippen LogP contribution in [0, 0.1) is 5.92 Å². The van der Waals surface area contributed by atoms with Gasteiger partial charge in [0.15, 0.2) is 0 Å². The van der Waals surface area contributed by atoms with E-state index >= 15 is 0 Å². The number of nitrogens with one attached hydrogen (secondary N) is 1. The van der Waals surface area contributed by atoms with Crippen LogP contribution in [0.4, 0.5) is 0 Å². The second-order valence-corrected chi connectivity index (χ2v) is 6.44. The summed E-state index contributed by atoms with van der Waals surface area (Å²) in [6.45, 7) is 7.21. The van der Waals surface area contributed by atoms with Crippen LogP contribution >= 0.6 is 0 Å². The maximum Gasteiger partial charge on any atom is 0.0779 e. The Labute approximate surface area is 105 Å². The largest absolute Gasteiger partial charge is 0.374 e. The Balaban J connectivity index is 1.90. The number of hydrogen-bond donors (Lipinski definition) is 2. The summed E-state index contributed by atoms with van der Waals surface area (Å²) in [6, 6.07) is 0. The van der Waals surface area contributed by atoms with Gasteiger partial charge in [-0.2, -0.15) is 0 Å². The lowest BCUT2D eigenvalue weighted by molar-refractivity contribution is 0.0105. The van der Waals surface area contributed by atoms with Gasteiger partial charge >= 0.3 is 0 Å². The van der Waals surface area contributed by atoms with E-state index in [1.165, 1.54) is 38.5 Å². The molecule has 3 N–H and O–H groups in total. The minimum atomic E-state index is 0.0445. The fourth-order valence-corrected chi connectivity index (χ4v) is 3.43. The van der Waals surface area contributed by atoms with E-state index in [0.717, 1.165) is 25.6 Å². The molecule has 1 aliphatic heterocycles. The van der Waals surface area contributed by atoms with Crippen molar-refractivity contribution in [1.82, 2.24) is 5.32 Å². The van der Waals surface area contributed by atoms with Gasteiger partial charge in [0.05, 0.1) is 5.60 Å². The predicted octanol–water partition coefficient (Wildman–Crippen LogP) is 2.05. The first-order valence-corrected chi connectivity index (χ1v) is 7.17. The maximum absolute atomic E-state index is 6.03. The van der Waals surface area contributed by atoms with Gasteiger partial charge in [-0.25, -0.2) is 0 Å². The fourth-order valence-electron chi connectivity index (χ4n) is 3.43. The second-order valence-electron chi connectivity index (χ2n) is 6.44. The van der Waals surface area contributed by atoms with Crippen LogP contribution in [-0.2, 0) is 4.74 Å². The van der Waals surface area contributed by atoms with Gasteiger partial charge in [0.1, 0.15) is 0 Å². The van der Waals surface area contributed by atoms with Gasteiger partial charge in [-0.1, -0.05) is 19.8 Å². The highest BCUT2D eigenvalue weighted by Crippen LogP contribution is 2.33. The van der Waals surface area contributed by atoms with E-state index in [2.05, 4.69) is 19.2 Å². The third kappa shape index (κ3) is 3.21. The number of hydrogen-bond acceptors (Lipinski definition) is 3. The molecule has 1 saturated carbocycles. The normalized spacial score (nSPS) is 42.9. The minimum Gasteiger partial charge on any atom is -0.374 e. The summed E-state index contributed by atoms with van der Waals surface area (Å²) < 4.78 is 5.84. The van der Waals surface area contributed by atoms with E-state index in [4.69, 9.17) is 10.5 Å². The molecule has 0 aromatic rings. The lowest BCUT2D eigenvalue weighted by Crippen LogP contribution is -2.57. The van der Waals surface area contributed by atoms with Crippen LogP contribution in [0.25, 0.3) is 0 Å². The molecule has 3 nitrogen and oxygen atoms in total. The molecule has 2 aliphatic rings. The molecule has 17 heavy (non-hydrogen) atoms. The summed E-state index contributed by atoms with van der Waals surface area (Å²) >= 11 is 0. The van der Waals surface area contributed by atoms with Crippen molar-refractivity contribution in [3.8, 4) is 0 Å². The summed E-state index contributed by atoms with van der Waals surface area (Å²) in [5, 5.41) is 3.75. The van der Waals surface area contributed by atoms with Crippen LogP contribution in [0.1, 0.15) is 52.4 Å². The van der Waals surface area contributed by atoms with Crippen molar-refractivity contribution in [3.05, 3.63) is 0 Å². The molecule has 3 atom stereocenters. The van der Waals surface area contributed by atoms with Gasteiger partial charge in [-0.05, 0) is 38.5 Å². The van der Waals surface area contributed by atoms with Gasteiger partial charge in [0.2, 0.25) is 0 Å². The fraction of sp³-hybridized carbons (Fsp3) is 1.00. The molecule has 0 aromatic carbocycles. The molecule has 1 aliphatic carbocycles. The van der Waals surface area contributed by atoms with Crippen molar-refractivity contribution in [3.63, 3.8) is 0 Å². The first kappa shape index (κ1) is 13.3. The topological polar surface area (TPSA) is 47.3 Å². The summed E-state index contributed by atoms with van der Waals surface area (Å²) in [5.41, 5.74) is 6.24. The standard InChI is InChI=1S/C14H28N2O/c1-12-5-3-7-14(9-12,10-15)16-11-13(2)6-4-8-17-13/h12,16H,3-11,15H2,1-2H3. The lowest BCUT2D eigenvalue weighted by atomic mass is 9.76. The van der Waals surface area contributed by atoms with Crippen LogP contribution in [0.5, 0.6) is 0 Å². The van der Waals surface area contributed by atoms with Gasteiger partial charge < -0.3 is 15.8 Å². The predicted molar refractivity (Wildman–Crippen MR) is 71.0 cm³/mol. The molecule has 100 valence electrons. The summed E-state index contributed by atoms with van der Waals surface area (Å²) in [4.78, 5) is 0. The lowest BCUT2D eigenvalue weighted by Gasteiger charge is -2.42. The molecule has 1 saturated heterocycles. The highest BCUT2D eigenvalue weighted by Gasteiger charge is 2.37. The molecule has 3 unspecified atom stereocenters. The van der Waals surface area contributed by atoms with Crippen molar-refractivity contribution >= 4 is 0 Å². The van der Waals surface area contributed by atoms with E-state index in [1.807, 2.05) is 0 Å². The van der Waals surface area contributed by atoms with E-state index in [-0.39, 0.29) is 11.1 Å². The molecule has 3 heteroatoms. The van der Waals surface area contributed by atoms with E-state index in [1.54, 1.807) is 0 Å². The van der Waals surface area contributed by atoms with Crippen LogP contribution in [0.2, 0.25) is 0 Å². The quantitative estimate of drug-likeness (QED) is 0.790. The Bertz CT molecular complexity index is 251. The maximum atomic E-state index is 6.03. The average Bonchev–Trinajstić information content (AvgIpc) is 2.75. The summed E-state index contributed by atoms with van der Waals surface area (Å²) in [7, 11) is 0. The molecule has 0 aromatic heterocycles. The number of rotatable bonds is 4. The van der Waals surface area contributed by atoms with Crippen LogP contribution in [0.15, 0.2) is 0 Å². The molecular formula is C14H28N2O. The Kier molecular flexibility index (Phi) is 4.11. The van der Waals surface area contributed by atoms with Crippen molar-refractivity contribution < 1.29 is 4.74 Å². The van der Waals surface area contributed by atoms with Gasteiger partial charge in [-0.3, -0.25) is 0 Å². The molecule has 0 radical (unpaired) electrons. The third-order valence-electron chi connectivity index (χ3n) is 4.62.